The molecule has 168 valence electrons. The lowest BCUT2D eigenvalue weighted by atomic mass is 9.86. The van der Waals surface area contributed by atoms with Gasteiger partial charge in [-0.05, 0) is 88.8 Å². The number of nitrogens with zero attached hydrogens (tertiary/aromatic N) is 4. The van der Waals surface area contributed by atoms with Crippen LogP contribution in [0.2, 0.25) is 0 Å². The van der Waals surface area contributed by atoms with E-state index in [0.29, 0.717) is 12.0 Å². The number of imidazole rings is 1. The molecule has 6 heterocycles. The lowest BCUT2D eigenvalue weighted by Crippen LogP contribution is -2.52. The van der Waals surface area contributed by atoms with Gasteiger partial charge in [0, 0.05) is 12.7 Å². The molecule has 0 amide bonds. The molecule has 0 aliphatic carbocycles. The number of rotatable bonds is 4. The van der Waals surface area contributed by atoms with Gasteiger partial charge < -0.3 is 9.72 Å². The summed E-state index contributed by atoms with van der Waals surface area (Å²) in [7, 11) is 2.22. The fourth-order valence-corrected chi connectivity index (χ4v) is 6.12. The molecule has 6 nitrogen and oxygen atoms in total. The molecule has 0 saturated carbocycles. The Bertz CT molecular complexity index is 1100. The number of hydrogen-bond acceptors (Lipinski definition) is 5. The van der Waals surface area contributed by atoms with Gasteiger partial charge in [0.15, 0.2) is 0 Å². The highest BCUT2D eigenvalue weighted by Gasteiger charge is 2.36. The van der Waals surface area contributed by atoms with E-state index in [-0.39, 0.29) is 12.1 Å². The van der Waals surface area contributed by atoms with E-state index >= 15 is 0 Å². The number of aromatic amines is 1. The summed E-state index contributed by atoms with van der Waals surface area (Å²) in [5, 5.41) is 0. The Morgan fingerprint density at radius 1 is 1.03 bits per heavy atom. The number of aryl methyl sites for hydroxylation is 1. The zero-order valence-electron chi connectivity index (χ0n) is 19.1. The van der Waals surface area contributed by atoms with Gasteiger partial charge in [0.1, 0.15) is 23.2 Å². The van der Waals surface area contributed by atoms with Crippen molar-refractivity contribution >= 4 is 11.0 Å². The van der Waals surface area contributed by atoms with Gasteiger partial charge in [-0.25, -0.2) is 4.98 Å². The highest BCUT2D eigenvalue weighted by atomic mass is 16.5. The summed E-state index contributed by atoms with van der Waals surface area (Å²) in [4.78, 5) is 18.5. The third kappa shape index (κ3) is 3.50. The van der Waals surface area contributed by atoms with Crippen molar-refractivity contribution in [1.29, 1.82) is 0 Å². The predicted octanol–water partition coefficient (Wildman–Crippen LogP) is 4.64. The number of para-hydroxylation sites is 1. The van der Waals surface area contributed by atoms with Crippen LogP contribution >= 0.6 is 0 Å². The van der Waals surface area contributed by atoms with Crippen molar-refractivity contribution in [3.63, 3.8) is 0 Å². The summed E-state index contributed by atoms with van der Waals surface area (Å²) < 4.78 is 6.59. The number of nitrogens with one attached hydrogen (secondary N) is 1. The van der Waals surface area contributed by atoms with Crippen LogP contribution in [0.1, 0.15) is 61.3 Å². The molecule has 3 aromatic rings. The van der Waals surface area contributed by atoms with Crippen LogP contribution in [0.25, 0.3) is 11.0 Å². The van der Waals surface area contributed by atoms with Crippen LogP contribution in [0.4, 0.5) is 0 Å². The van der Waals surface area contributed by atoms with E-state index < -0.39 is 0 Å². The minimum absolute atomic E-state index is 0.257. The maximum absolute atomic E-state index is 6.59. The minimum atomic E-state index is 0.257. The van der Waals surface area contributed by atoms with Crippen LogP contribution < -0.4 is 4.74 Å². The molecule has 1 aromatic carbocycles. The lowest BCUT2D eigenvalue weighted by molar-refractivity contribution is -0.00710. The molecule has 32 heavy (non-hydrogen) atoms. The van der Waals surface area contributed by atoms with Crippen LogP contribution in [0.5, 0.6) is 5.75 Å². The van der Waals surface area contributed by atoms with Gasteiger partial charge in [-0.15, -0.1) is 0 Å². The van der Waals surface area contributed by atoms with Crippen molar-refractivity contribution < 1.29 is 4.74 Å². The quantitative estimate of drug-likeness (QED) is 0.652. The van der Waals surface area contributed by atoms with Crippen molar-refractivity contribution in [1.82, 2.24) is 24.8 Å². The van der Waals surface area contributed by atoms with Crippen molar-refractivity contribution in [2.24, 2.45) is 5.92 Å². The van der Waals surface area contributed by atoms with Gasteiger partial charge in [-0.3, -0.25) is 14.8 Å². The fourth-order valence-electron chi connectivity index (χ4n) is 6.12. The van der Waals surface area contributed by atoms with Crippen LogP contribution in [0.3, 0.4) is 0 Å². The predicted molar refractivity (Wildman–Crippen MR) is 126 cm³/mol. The van der Waals surface area contributed by atoms with Crippen molar-refractivity contribution in [2.75, 3.05) is 26.7 Å². The smallest absolute Gasteiger partial charge is 0.147 e. The molecule has 7 rings (SSSR count). The van der Waals surface area contributed by atoms with Crippen LogP contribution in [-0.2, 0) is 0 Å². The average molecular weight is 432 g/mol. The number of likely N-dealkylation sites (tertiary alicyclic amines) is 1. The highest BCUT2D eigenvalue weighted by molar-refractivity contribution is 5.81. The van der Waals surface area contributed by atoms with E-state index in [2.05, 4.69) is 53.0 Å². The summed E-state index contributed by atoms with van der Waals surface area (Å²) in [6.45, 7) is 5.67. The van der Waals surface area contributed by atoms with Gasteiger partial charge in [-0.2, -0.15) is 0 Å². The van der Waals surface area contributed by atoms with Crippen molar-refractivity contribution in [3.8, 4) is 5.75 Å². The van der Waals surface area contributed by atoms with Gasteiger partial charge in [0.25, 0.3) is 0 Å². The highest BCUT2D eigenvalue weighted by Crippen LogP contribution is 2.41. The topological polar surface area (TPSA) is 57.3 Å². The fraction of sp³-hybridized carbons (Fsp3) is 0.538. The normalized spacial score (nSPS) is 30.6. The molecule has 6 heteroatoms. The summed E-state index contributed by atoms with van der Waals surface area (Å²) in [5.74, 6) is 2.66. The van der Waals surface area contributed by atoms with E-state index in [9.17, 15) is 0 Å². The molecule has 1 unspecified atom stereocenters. The number of pyridine rings is 1. The molecule has 4 saturated heterocycles. The second kappa shape index (κ2) is 8.16. The van der Waals surface area contributed by atoms with E-state index in [1.807, 2.05) is 12.3 Å². The van der Waals surface area contributed by atoms with Crippen molar-refractivity contribution in [2.45, 2.75) is 57.2 Å². The number of fused-ring (bicyclic) bond motifs is 4. The largest absolute Gasteiger partial charge is 0.486 e. The molecule has 0 spiro atoms. The van der Waals surface area contributed by atoms with Crippen LogP contribution in [0.15, 0.2) is 36.5 Å². The Hall–Kier alpha value is -2.44. The third-order valence-electron chi connectivity index (χ3n) is 7.99. The zero-order valence-corrected chi connectivity index (χ0v) is 19.1. The zero-order chi connectivity index (χ0) is 21.7. The van der Waals surface area contributed by atoms with E-state index in [0.717, 1.165) is 42.0 Å². The maximum Gasteiger partial charge on any atom is 0.147 e. The Labute approximate surface area is 190 Å². The molecule has 4 fully saturated rings. The molecule has 2 bridgehead atoms. The Morgan fingerprint density at radius 3 is 2.66 bits per heavy atom. The monoisotopic (exact) mass is 431 g/mol. The van der Waals surface area contributed by atoms with Gasteiger partial charge in [0.2, 0.25) is 0 Å². The summed E-state index contributed by atoms with van der Waals surface area (Å²) in [6.07, 6.45) is 8.14. The van der Waals surface area contributed by atoms with E-state index in [1.165, 1.54) is 43.6 Å². The standard InChI is InChI=1S/C26H33N5O/c1-17-6-5-13-27-24(17)20-8-4-9-21(30(20)2)26-28-19-7-3-10-22(25(19)29-26)32-23-16-31-14-11-18(23)12-15-31/h3,5-7,10,13,18,20-21,23H,4,8-9,11-12,14-16H2,1-2H3,(H,28,29)/t20-,21+,23?/m0/s1. The number of hydrogen-bond donors (Lipinski definition) is 1. The number of ether oxygens (including phenoxy) is 1. The first-order valence-corrected chi connectivity index (χ1v) is 12.2. The molecule has 4 aliphatic rings. The molecule has 0 radical (unpaired) electrons. The second-order valence-electron chi connectivity index (χ2n) is 9.90. The minimum Gasteiger partial charge on any atom is -0.486 e. The molecule has 2 aromatic heterocycles. The van der Waals surface area contributed by atoms with E-state index in [4.69, 9.17) is 14.7 Å². The van der Waals surface area contributed by atoms with Crippen LogP contribution in [0, 0.1) is 12.8 Å². The Morgan fingerprint density at radius 2 is 1.88 bits per heavy atom. The van der Waals surface area contributed by atoms with Crippen molar-refractivity contribution in [3.05, 3.63) is 53.6 Å². The Kier molecular flexibility index (Phi) is 5.15. The lowest BCUT2D eigenvalue weighted by Gasteiger charge is -2.44. The molecule has 4 aliphatic heterocycles. The summed E-state index contributed by atoms with van der Waals surface area (Å²) >= 11 is 0. The molecular weight excluding hydrogens is 398 g/mol. The molecule has 3 atom stereocenters. The number of aromatic nitrogens is 3. The van der Waals surface area contributed by atoms with Gasteiger partial charge in [0.05, 0.1) is 23.3 Å². The SMILES string of the molecule is Cc1cccnc1[C@@H]1CCC[C@H](c2nc3c(OC4CN5CCC4CC5)cccc3[nH]2)N1C. The third-order valence-corrected chi connectivity index (χ3v) is 7.99. The molecular formula is C26H33N5O. The Balaban J connectivity index is 1.28. The maximum atomic E-state index is 6.59. The number of benzene rings is 1. The first kappa shape index (κ1) is 20.2. The van der Waals surface area contributed by atoms with Crippen LogP contribution in [-0.4, -0.2) is 57.5 Å². The molecule has 1 N–H and O–H groups in total. The number of H-pyrrole nitrogens is 1. The van der Waals surface area contributed by atoms with E-state index in [1.54, 1.807) is 0 Å². The van der Waals surface area contributed by atoms with Gasteiger partial charge >= 0.3 is 0 Å². The second-order valence-corrected chi connectivity index (χ2v) is 9.90. The summed E-state index contributed by atoms with van der Waals surface area (Å²) in [5.41, 5.74) is 4.51. The first-order valence-electron chi connectivity index (χ1n) is 12.2. The van der Waals surface area contributed by atoms with Gasteiger partial charge in [-0.1, -0.05) is 12.1 Å². The number of piperidine rings is 4. The first-order chi connectivity index (χ1) is 15.7. The average Bonchev–Trinajstić information content (AvgIpc) is 3.26. The summed E-state index contributed by atoms with van der Waals surface area (Å²) in [6, 6.07) is 11.1.